The molecule has 27 N–H and O–H groups in total. The maximum absolute atomic E-state index is 15.2. The first kappa shape index (κ1) is 99.4. The van der Waals surface area contributed by atoms with E-state index in [1.165, 1.54) is 41.7 Å². The Labute approximate surface area is 703 Å². The molecule has 1 aliphatic rings. The minimum atomic E-state index is -1.83. The summed E-state index contributed by atoms with van der Waals surface area (Å²) >= 11 is 0. The van der Waals surface area contributed by atoms with E-state index in [1.54, 1.807) is 81.6 Å². The number of aliphatic hydroxyl groups excluding tert-OH is 2. The van der Waals surface area contributed by atoms with E-state index < -0.39 is 212 Å². The Morgan fingerprint density at radius 1 is 0.549 bits per heavy atom. The molecular formula is C80H115N21O21. The molecule has 0 radical (unpaired) electrons. The number of amides is 14. The van der Waals surface area contributed by atoms with Gasteiger partial charge in [0.15, 0.2) is 5.96 Å². The number of carbonyl (C=O) groups is 16. The Morgan fingerprint density at radius 3 is 1.56 bits per heavy atom. The Bertz CT molecular complexity index is 4360. The second-order valence-corrected chi connectivity index (χ2v) is 29.5. The number of nitrogens with one attached hydrogen (secondary N) is 16. The molecule has 666 valence electrons. The number of guanidine groups is 1. The fourth-order valence-corrected chi connectivity index (χ4v) is 13.1. The number of likely N-dealkylation sites (tertiary alicyclic amines) is 1. The summed E-state index contributed by atoms with van der Waals surface area (Å²) in [5, 5.41) is 89.3. The number of aliphatic hydroxyl groups is 2. The minimum absolute atomic E-state index is 0.00439. The summed E-state index contributed by atoms with van der Waals surface area (Å²) in [6, 6.07) is 2.98. The summed E-state index contributed by atoms with van der Waals surface area (Å²) in [4.78, 5) is 229. The van der Waals surface area contributed by atoms with Gasteiger partial charge in [0, 0.05) is 82.3 Å². The lowest BCUT2D eigenvalue weighted by Gasteiger charge is -2.30. The van der Waals surface area contributed by atoms with E-state index >= 15 is 14.4 Å². The van der Waals surface area contributed by atoms with Crippen molar-refractivity contribution < 1.29 is 102 Å². The van der Waals surface area contributed by atoms with Gasteiger partial charge in [0.05, 0.1) is 31.8 Å². The van der Waals surface area contributed by atoms with Gasteiger partial charge in [-0.2, -0.15) is 0 Å². The molecule has 6 rings (SSSR count). The smallest absolute Gasteiger partial charge is 0.303 e. The lowest BCUT2D eigenvalue weighted by atomic mass is 10.0. The third-order valence-electron chi connectivity index (χ3n) is 19.4. The number of nitrogens with zero attached hydrogens (tertiary/aromatic N) is 2. The molecule has 12 atom stereocenters. The minimum Gasteiger partial charge on any atom is -0.508 e. The number of unbranched alkanes of at least 4 members (excludes halogenated alkanes) is 2. The standard InChI is InChI=1S/C78H111N21O19.C2H4O2/c1-5-6-19-52(91-75(116)61(41-101)97-72(113)57(34-46-24-26-49(103)27-25-46)94-74(115)60(40-100)88-44(4)102)68(109)92-54(28-29-64(105)106)70(111)96-59(36-48-38-83-42-87-48)73(114)93-56(33-45-16-8-7-9-17-45)71(112)90-53(22-14-31-84-78(81)82)69(110)95-58(35-47-37-85-51-20-11-10-18-50(47)51)67(108)86-39-63(104)89-55(21-12-13-30-79)77(118)99-32-15-23-62(99)76(117)98-65(43(2)3)66(80)107;1-2(3)4/h7-11,16-18,20,24-27,37-38,42-43,52-62,65,85,100-101,103H,5-6,12-15,19,21-23,28-36,39-41,79H2,1-4H3,(H2,80,107)(H,83,87)(H,86,108)(H,88,102)(H,89,104)(H,90,112)(H,91,116)(H,92,109)(H,93,114)(H,94,115)(H,95,110)(H,96,111)(H,97,113)(H,98,117)(H,105,106)(H4,81,82,84);1H3,(H,3,4). The summed E-state index contributed by atoms with van der Waals surface area (Å²) in [6.07, 6.45) is 3.75. The molecule has 3 aromatic carbocycles. The molecule has 12 unspecified atom stereocenters. The average Bonchev–Trinajstić information content (AvgIpc) is 1.64. The number of aromatic amines is 2. The number of benzene rings is 3. The molecule has 1 saturated heterocycles. The van der Waals surface area contributed by atoms with Crippen LogP contribution in [0.2, 0.25) is 0 Å². The Balaban J connectivity index is 0.00000646. The molecule has 0 bridgehead atoms. The molecule has 0 aliphatic carbocycles. The van der Waals surface area contributed by atoms with Crippen LogP contribution in [0.1, 0.15) is 134 Å². The number of rotatable bonds is 50. The normalized spacial score (nSPS) is 14.9. The number of aromatic nitrogens is 3. The topological polar surface area (TPSA) is 680 Å². The van der Waals surface area contributed by atoms with Gasteiger partial charge < -0.3 is 127 Å². The number of aliphatic carboxylic acids is 2. The molecule has 3 heterocycles. The highest BCUT2D eigenvalue weighted by atomic mass is 16.4. The van der Waals surface area contributed by atoms with Gasteiger partial charge in [0.1, 0.15) is 78.3 Å². The maximum Gasteiger partial charge on any atom is 0.303 e. The van der Waals surface area contributed by atoms with Gasteiger partial charge in [-0.3, -0.25) is 82.1 Å². The van der Waals surface area contributed by atoms with Crippen LogP contribution in [-0.2, 0) is 102 Å². The number of fused-ring (bicyclic) bond motifs is 1. The van der Waals surface area contributed by atoms with Gasteiger partial charge >= 0.3 is 5.97 Å². The monoisotopic (exact) mass is 1710 g/mol. The quantitative estimate of drug-likeness (QED) is 0.0100. The molecule has 42 nitrogen and oxygen atoms in total. The number of nitrogens with two attached hydrogens (primary N) is 3. The number of phenols is 1. The molecule has 1 fully saturated rings. The number of imidazole rings is 1. The number of phenolic OH excluding ortho intramolecular Hbond substituents is 1. The number of carboxylic acid groups (broad SMARTS) is 2. The lowest BCUT2D eigenvalue weighted by molar-refractivity contribution is -0.142. The highest BCUT2D eigenvalue weighted by Crippen LogP contribution is 2.23. The SMILES string of the molecule is CC(=O)O.CCCCC(NC(=O)C(CO)NC(=O)C(Cc1ccc(O)cc1)NC(=O)C(CO)NC(C)=O)C(=O)NC(CCC(=O)O)C(=O)NC(Cc1c[nH]cn1)C(=O)NC(Cc1ccccc1)C(=O)NC(CCCNC(=N)N)C(=O)NC(Cc1c[nH]c2ccccc12)C(=O)NCC(=O)NC(CCCCN)C(=O)N1CCCC1C(=O)NC(C(N)=O)C(C)C. The molecule has 122 heavy (non-hydrogen) atoms. The van der Waals surface area contributed by atoms with Crippen molar-refractivity contribution in [1.29, 1.82) is 5.41 Å². The Hall–Kier alpha value is -13.1. The first-order valence-corrected chi connectivity index (χ1v) is 40.0. The predicted molar refractivity (Wildman–Crippen MR) is 441 cm³/mol. The van der Waals surface area contributed by atoms with Gasteiger partial charge in [-0.15, -0.1) is 0 Å². The Morgan fingerprint density at radius 2 is 1.04 bits per heavy atom. The van der Waals surface area contributed by atoms with Crippen LogP contribution >= 0.6 is 0 Å². The molecule has 0 spiro atoms. The largest absolute Gasteiger partial charge is 0.508 e. The van der Waals surface area contributed by atoms with Crippen molar-refractivity contribution in [2.75, 3.05) is 39.4 Å². The molecule has 5 aromatic rings. The number of carbonyl (C=O) groups excluding carboxylic acids is 14. The van der Waals surface area contributed by atoms with Crippen LogP contribution in [0, 0.1) is 11.3 Å². The van der Waals surface area contributed by atoms with Crippen molar-refractivity contribution in [2.24, 2.45) is 23.1 Å². The highest BCUT2D eigenvalue weighted by molar-refractivity contribution is 6.00. The average molecular weight is 1710 g/mol. The van der Waals surface area contributed by atoms with Crippen LogP contribution in [0.5, 0.6) is 5.75 Å². The van der Waals surface area contributed by atoms with E-state index in [2.05, 4.69) is 84.1 Å². The van der Waals surface area contributed by atoms with Crippen molar-refractivity contribution in [3.05, 3.63) is 120 Å². The zero-order valence-electron chi connectivity index (χ0n) is 68.7. The van der Waals surface area contributed by atoms with Crippen molar-refractivity contribution >= 4 is 112 Å². The first-order valence-electron chi connectivity index (χ1n) is 40.0. The molecule has 2 aromatic heterocycles. The number of hydrogen-bond acceptors (Lipinski definition) is 22. The summed E-state index contributed by atoms with van der Waals surface area (Å²) in [7, 11) is 0. The number of hydrogen-bond donors (Lipinski definition) is 24. The number of carboxylic acids is 2. The maximum atomic E-state index is 15.2. The van der Waals surface area contributed by atoms with Gasteiger partial charge in [-0.05, 0) is 105 Å². The number of primary amides is 1. The third-order valence-corrected chi connectivity index (χ3v) is 19.4. The van der Waals surface area contributed by atoms with Crippen molar-refractivity contribution in [3.63, 3.8) is 0 Å². The summed E-state index contributed by atoms with van der Waals surface area (Å²) < 4.78 is 0. The fraction of sp³-hybridized carbons (Fsp3) is 0.500. The second-order valence-electron chi connectivity index (χ2n) is 29.5. The Kier molecular flexibility index (Phi) is 41.9. The summed E-state index contributed by atoms with van der Waals surface area (Å²) in [5.41, 5.74) is 19.2. The molecular weight excluding hydrogens is 1590 g/mol. The van der Waals surface area contributed by atoms with E-state index in [1.807, 2.05) is 0 Å². The van der Waals surface area contributed by atoms with Crippen LogP contribution in [0.15, 0.2) is 97.6 Å². The first-order chi connectivity index (χ1) is 58.1. The predicted octanol–water partition coefficient (Wildman–Crippen LogP) is -4.01. The van der Waals surface area contributed by atoms with Gasteiger partial charge in [-0.1, -0.05) is 94.3 Å². The molecule has 14 amide bonds. The van der Waals surface area contributed by atoms with Crippen LogP contribution in [0.4, 0.5) is 0 Å². The number of aromatic hydroxyl groups is 1. The van der Waals surface area contributed by atoms with Crippen LogP contribution in [-0.4, -0.2) is 258 Å². The summed E-state index contributed by atoms with van der Waals surface area (Å²) in [5.74, 6) is -15.9. The van der Waals surface area contributed by atoms with Crippen molar-refractivity contribution in [2.45, 2.75) is 210 Å². The van der Waals surface area contributed by atoms with E-state index in [4.69, 9.17) is 32.5 Å². The number of para-hydroxylation sites is 1. The van der Waals surface area contributed by atoms with Crippen LogP contribution in [0.3, 0.4) is 0 Å². The van der Waals surface area contributed by atoms with E-state index in [9.17, 15) is 78.0 Å². The lowest BCUT2D eigenvalue weighted by Crippen LogP contribution is -2.61. The zero-order chi connectivity index (χ0) is 90.1. The van der Waals surface area contributed by atoms with Gasteiger partial charge in [0.2, 0.25) is 82.7 Å². The van der Waals surface area contributed by atoms with E-state index in [0.717, 1.165) is 13.8 Å². The molecule has 0 saturated carbocycles. The summed E-state index contributed by atoms with van der Waals surface area (Å²) in [6.45, 7) is 5.04. The number of H-pyrrole nitrogens is 2. The second kappa shape index (κ2) is 51.4. The fourth-order valence-electron chi connectivity index (χ4n) is 13.1. The zero-order valence-corrected chi connectivity index (χ0v) is 68.7. The highest BCUT2D eigenvalue weighted by Gasteiger charge is 2.41. The van der Waals surface area contributed by atoms with Crippen molar-refractivity contribution in [1.82, 2.24) is 89.0 Å². The van der Waals surface area contributed by atoms with Crippen molar-refractivity contribution in [3.8, 4) is 5.75 Å². The molecule has 1 aliphatic heterocycles. The van der Waals surface area contributed by atoms with Gasteiger partial charge in [-0.25, -0.2) is 4.98 Å². The molecule has 42 heteroatoms. The van der Waals surface area contributed by atoms with Crippen LogP contribution < -0.4 is 86.3 Å². The van der Waals surface area contributed by atoms with E-state index in [-0.39, 0.29) is 94.8 Å². The van der Waals surface area contributed by atoms with E-state index in [0.29, 0.717) is 53.3 Å². The van der Waals surface area contributed by atoms with Gasteiger partial charge in [0.25, 0.3) is 5.97 Å². The van der Waals surface area contributed by atoms with Crippen LogP contribution in [0.25, 0.3) is 10.9 Å². The third kappa shape index (κ3) is 33.9.